The standard InChI is InChI=1S/C15H22F3NO/c1-10(2)8-19(11(3)4)9-12-5-6-14(20)13(7-12)15(16,17)18/h5-7,10-11,20H,8-9H2,1-4H3. The van der Waals surface area contributed by atoms with Crippen LogP contribution in [-0.2, 0) is 12.7 Å². The Morgan fingerprint density at radius 2 is 1.75 bits per heavy atom. The second kappa shape index (κ2) is 6.48. The van der Waals surface area contributed by atoms with Crippen LogP contribution in [0.25, 0.3) is 0 Å². The van der Waals surface area contributed by atoms with E-state index >= 15 is 0 Å². The molecule has 0 bridgehead atoms. The molecular formula is C15H22F3NO. The van der Waals surface area contributed by atoms with E-state index in [-0.39, 0.29) is 6.04 Å². The van der Waals surface area contributed by atoms with Crippen molar-refractivity contribution < 1.29 is 18.3 Å². The van der Waals surface area contributed by atoms with E-state index in [1.807, 2.05) is 13.8 Å². The lowest BCUT2D eigenvalue weighted by Gasteiger charge is -2.28. The van der Waals surface area contributed by atoms with E-state index in [2.05, 4.69) is 18.7 Å². The van der Waals surface area contributed by atoms with Gasteiger partial charge in [-0.2, -0.15) is 13.2 Å². The maximum atomic E-state index is 12.8. The molecule has 1 aromatic rings. The average molecular weight is 289 g/mol. The summed E-state index contributed by atoms with van der Waals surface area (Å²) in [4.78, 5) is 2.12. The first-order valence-electron chi connectivity index (χ1n) is 6.74. The molecule has 5 heteroatoms. The smallest absolute Gasteiger partial charge is 0.419 e. The number of hydrogen-bond acceptors (Lipinski definition) is 2. The lowest BCUT2D eigenvalue weighted by atomic mass is 10.1. The van der Waals surface area contributed by atoms with E-state index in [1.54, 1.807) is 6.07 Å². The highest BCUT2D eigenvalue weighted by atomic mass is 19.4. The van der Waals surface area contributed by atoms with E-state index in [1.165, 1.54) is 0 Å². The number of rotatable bonds is 5. The van der Waals surface area contributed by atoms with Crippen molar-refractivity contribution >= 4 is 0 Å². The Labute approximate surface area is 118 Å². The summed E-state index contributed by atoms with van der Waals surface area (Å²) < 4.78 is 38.3. The van der Waals surface area contributed by atoms with Crippen LogP contribution in [0.1, 0.15) is 38.8 Å². The summed E-state index contributed by atoms with van der Waals surface area (Å²) in [5.74, 6) is -0.280. The molecule has 0 aliphatic rings. The van der Waals surface area contributed by atoms with Crippen molar-refractivity contribution in [2.45, 2.75) is 46.5 Å². The quantitative estimate of drug-likeness (QED) is 0.874. The van der Waals surface area contributed by atoms with Crippen LogP contribution in [0, 0.1) is 5.92 Å². The molecule has 0 saturated heterocycles. The van der Waals surface area contributed by atoms with Gasteiger partial charge in [0, 0.05) is 19.1 Å². The molecular weight excluding hydrogens is 267 g/mol. The summed E-state index contributed by atoms with van der Waals surface area (Å²) in [7, 11) is 0. The molecule has 1 aromatic carbocycles. The maximum Gasteiger partial charge on any atom is 0.419 e. The van der Waals surface area contributed by atoms with Crippen molar-refractivity contribution in [3.8, 4) is 5.75 Å². The van der Waals surface area contributed by atoms with Crippen LogP contribution in [0.4, 0.5) is 13.2 Å². The zero-order chi connectivity index (χ0) is 15.5. The van der Waals surface area contributed by atoms with Crippen LogP contribution in [-0.4, -0.2) is 22.6 Å². The zero-order valence-electron chi connectivity index (χ0n) is 12.3. The molecule has 0 heterocycles. The lowest BCUT2D eigenvalue weighted by Crippen LogP contribution is -2.33. The third-order valence-corrected chi connectivity index (χ3v) is 3.08. The molecule has 2 nitrogen and oxygen atoms in total. The fourth-order valence-corrected chi connectivity index (χ4v) is 2.07. The molecule has 0 atom stereocenters. The molecule has 20 heavy (non-hydrogen) atoms. The number of alkyl halides is 3. The first-order valence-corrected chi connectivity index (χ1v) is 6.74. The summed E-state index contributed by atoms with van der Waals surface area (Å²) in [6, 6.07) is 3.94. The Kier molecular flexibility index (Phi) is 5.45. The van der Waals surface area contributed by atoms with Gasteiger partial charge in [0.25, 0.3) is 0 Å². The predicted molar refractivity (Wildman–Crippen MR) is 73.5 cm³/mol. The first-order chi connectivity index (χ1) is 9.11. The zero-order valence-corrected chi connectivity index (χ0v) is 12.3. The van der Waals surface area contributed by atoms with Gasteiger partial charge in [-0.05, 0) is 37.5 Å². The molecule has 1 N–H and O–H groups in total. The van der Waals surface area contributed by atoms with Gasteiger partial charge in [0.15, 0.2) is 0 Å². The van der Waals surface area contributed by atoms with Crippen LogP contribution >= 0.6 is 0 Å². The van der Waals surface area contributed by atoms with Gasteiger partial charge in [-0.1, -0.05) is 19.9 Å². The van der Waals surface area contributed by atoms with Crippen molar-refractivity contribution in [3.63, 3.8) is 0 Å². The molecule has 0 unspecified atom stereocenters. The van der Waals surface area contributed by atoms with E-state index in [9.17, 15) is 18.3 Å². The molecule has 0 fully saturated rings. The highest BCUT2D eigenvalue weighted by molar-refractivity contribution is 5.38. The summed E-state index contributed by atoms with van der Waals surface area (Å²) in [5.41, 5.74) is -0.410. The monoisotopic (exact) mass is 289 g/mol. The highest BCUT2D eigenvalue weighted by Crippen LogP contribution is 2.36. The van der Waals surface area contributed by atoms with E-state index in [0.29, 0.717) is 18.0 Å². The predicted octanol–water partition coefficient (Wildman–Crippen LogP) is 4.28. The van der Waals surface area contributed by atoms with Crippen molar-refractivity contribution in [1.82, 2.24) is 4.90 Å². The van der Waals surface area contributed by atoms with Crippen LogP contribution < -0.4 is 0 Å². The SMILES string of the molecule is CC(C)CN(Cc1ccc(O)c(C(F)(F)F)c1)C(C)C. The number of benzene rings is 1. The van der Waals surface area contributed by atoms with Gasteiger partial charge >= 0.3 is 6.18 Å². The van der Waals surface area contributed by atoms with Gasteiger partial charge < -0.3 is 5.11 Å². The minimum atomic E-state index is -4.53. The third-order valence-electron chi connectivity index (χ3n) is 3.08. The second-order valence-corrected chi connectivity index (χ2v) is 5.77. The van der Waals surface area contributed by atoms with Gasteiger partial charge in [0.05, 0.1) is 5.56 Å². The highest BCUT2D eigenvalue weighted by Gasteiger charge is 2.34. The summed E-state index contributed by atoms with van der Waals surface area (Å²) in [6.45, 7) is 9.46. The van der Waals surface area contributed by atoms with Gasteiger partial charge in [-0.25, -0.2) is 0 Å². The van der Waals surface area contributed by atoms with Gasteiger partial charge in [0.2, 0.25) is 0 Å². The Hall–Kier alpha value is -1.23. The molecule has 0 aliphatic carbocycles. The average Bonchev–Trinajstić information content (AvgIpc) is 2.28. The third kappa shape index (κ3) is 4.71. The second-order valence-electron chi connectivity index (χ2n) is 5.77. The van der Waals surface area contributed by atoms with Gasteiger partial charge in [-0.3, -0.25) is 4.90 Å². The number of halogens is 3. The van der Waals surface area contributed by atoms with Crippen molar-refractivity contribution in [3.05, 3.63) is 29.3 Å². The Balaban J connectivity index is 2.97. The number of aromatic hydroxyl groups is 1. The molecule has 1 rings (SSSR count). The number of hydrogen-bond donors (Lipinski definition) is 1. The van der Waals surface area contributed by atoms with Gasteiger partial charge in [-0.15, -0.1) is 0 Å². The Morgan fingerprint density at radius 3 is 2.20 bits per heavy atom. The molecule has 0 aliphatic heterocycles. The lowest BCUT2D eigenvalue weighted by molar-refractivity contribution is -0.138. The Bertz CT molecular complexity index is 441. The Morgan fingerprint density at radius 1 is 1.15 bits per heavy atom. The van der Waals surface area contributed by atoms with Crippen LogP contribution in [0.15, 0.2) is 18.2 Å². The fraction of sp³-hybridized carbons (Fsp3) is 0.600. The summed E-state index contributed by atoms with van der Waals surface area (Å²) >= 11 is 0. The molecule has 0 aromatic heterocycles. The first kappa shape index (κ1) is 16.8. The van der Waals surface area contributed by atoms with Crippen molar-refractivity contribution in [1.29, 1.82) is 0 Å². The largest absolute Gasteiger partial charge is 0.507 e. The maximum absolute atomic E-state index is 12.8. The number of nitrogens with zero attached hydrogens (tertiary/aromatic N) is 1. The van der Waals surface area contributed by atoms with Crippen LogP contribution in [0.5, 0.6) is 5.75 Å². The number of phenolic OH excluding ortho intramolecular Hbond substituents is 1. The molecule has 114 valence electrons. The topological polar surface area (TPSA) is 23.5 Å². The molecule has 0 amide bonds. The van der Waals surface area contributed by atoms with Crippen molar-refractivity contribution in [2.75, 3.05) is 6.54 Å². The van der Waals surface area contributed by atoms with E-state index < -0.39 is 17.5 Å². The van der Waals surface area contributed by atoms with E-state index in [4.69, 9.17) is 0 Å². The summed E-state index contributed by atoms with van der Waals surface area (Å²) in [6.07, 6.45) is -4.53. The normalized spacial score (nSPS) is 12.7. The van der Waals surface area contributed by atoms with Crippen LogP contribution in [0.2, 0.25) is 0 Å². The summed E-state index contributed by atoms with van der Waals surface area (Å²) in [5, 5.41) is 9.33. The number of phenols is 1. The molecule has 0 saturated carbocycles. The van der Waals surface area contributed by atoms with Crippen molar-refractivity contribution in [2.24, 2.45) is 5.92 Å². The van der Waals surface area contributed by atoms with E-state index in [0.717, 1.165) is 18.7 Å². The molecule has 0 radical (unpaired) electrons. The molecule has 0 spiro atoms. The van der Waals surface area contributed by atoms with Crippen LogP contribution in [0.3, 0.4) is 0 Å². The van der Waals surface area contributed by atoms with Gasteiger partial charge in [0.1, 0.15) is 5.75 Å². The minimum Gasteiger partial charge on any atom is -0.507 e. The fourth-order valence-electron chi connectivity index (χ4n) is 2.07. The minimum absolute atomic E-state index is 0.250.